The molecule has 0 aliphatic carbocycles. The van der Waals surface area contributed by atoms with Gasteiger partial charge in [0, 0.05) is 31.0 Å². The fourth-order valence-electron chi connectivity index (χ4n) is 2.84. The molecule has 3 rings (SSSR count). The largest absolute Gasteiger partial charge is 0.461 e. The lowest BCUT2D eigenvalue weighted by atomic mass is 10.1. The van der Waals surface area contributed by atoms with Crippen LogP contribution in [0, 0.1) is 5.92 Å². The second-order valence-electron chi connectivity index (χ2n) is 6.52. The highest BCUT2D eigenvalue weighted by Crippen LogP contribution is 2.19. The van der Waals surface area contributed by atoms with Crippen LogP contribution in [0.2, 0.25) is 0 Å². The van der Waals surface area contributed by atoms with Crippen molar-refractivity contribution in [2.75, 3.05) is 43.1 Å². The van der Waals surface area contributed by atoms with Crippen LogP contribution in [0.4, 0.5) is 11.4 Å². The first-order chi connectivity index (χ1) is 12.7. The second kappa shape index (κ2) is 9.25. The van der Waals surface area contributed by atoms with Crippen molar-refractivity contribution in [3.63, 3.8) is 0 Å². The first-order valence-electron chi connectivity index (χ1n) is 9.09. The van der Waals surface area contributed by atoms with Gasteiger partial charge in [0.1, 0.15) is 6.61 Å². The molecule has 138 valence electrons. The number of anilines is 2. The molecule has 5 heteroatoms. The maximum Gasteiger partial charge on any atom is 0.310 e. The molecule has 1 heterocycles. The van der Waals surface area contributed by atoms with Gasteiger partial charge < -0.3 is 19.7 Å². The summed E-state index contributed by atoms with van der Waals surface area (Å²) in [4.78, 5) is 14.4. The highest BCUT2D eigenvalue weighted by atomic mass is 16.5. The van der Waals surface area contributed by atoms with Crippen LogP contribution >= 0.6 is 0 Å². The molecule has 1 atom stereocenters. The number of nitrogens with one attached hydrogen (secondary N) is 1. The third-order valence-electron chi connectivity index (χ3n) is 4.48. The van der Waals surface area contributed by atoms with Crippen LogP contribution in [0.25, 0.3) is 0 Å². The number of rotatable bonds is 7. The van der Waals surface area contributed by atoms with Crippen LogP contribution in [0.15, 0.2) is 54.6 Å². The van der Waals surface area contributed by atoms with Crippen molar-refractivity contribution in [1.29, 1.82) is 0 Å². The minimum atomic E-state index is -0.211. The van der Waals surface area contributed by atoms with Crippen molar-refractivity contribution in [2.24, 2.45) is 5.92 Å². The first-order valence-corrected chi connectivity index (χ1v) is 9.09. The van der Waals surface area contributed by atoms with Gasteiger partial charge in [0.2, 0.25) is 0 Å². The number of carbonyl (C=O) groups is 1. The Hall–Kier alpha value is -2.53. The summed E-state index contributed by atoms with van der Waals surface area (Å²) in [5.41, 5.74) is 3.21. The van der Waals surface area contributed by atoms with Gasteiger partial charge in [-0.3, -0.25) is 4.79 Å². The Balaban J connectivity index is 1.43. The van der Waals surface area contributed by atoms with Crippen LogP contribution in [-0.4, -0.2) is 38.8 Å². The zero-order valence-corrected chi connectivity index (χ0v) is 15.2. The van der Waals surface area contributed by atoms with E-state index in [1.807, 2.05) is 49.4 Å². The Morgan fingerprint density at radius 3 is 2.50 bits per heavy atom. The minimum Gasteiger partial charge on any atom is -0.461 e. The number of nitrogens with zero attached hydrogens (tertiary/aromatic N) is 1. The van der Waals surface area contributed by atoms with Gasteiger partial charge in [-0.2, -0.15) is 0 Å². The number of esters is 1. The van der Waals surface area contributed by atoms with E-state index in [4.69, 9.17) is 9.47 Å². The summed E-state index contributed by atoms with van der Waals surface area (Å²) >= 11 is 0. The average molecular weight is 354 g/mol. The van der Waals surface area contributed by atoms with Crippen LogP contribution in [-0.2, 0) is 20.9 Å². The van der Waals surface area contributed by atoms with Gasteiger partial charge in [-0.15, -0.1) is 0 Å². The fraction of sp³-hybridized carbons (Fsp3) is 0.381. The fourth-order valence-corrected chi connectivity index (χ4v) is 2.84. The zero-order chi connectivity index (χ0) is 18.2. The lowest BCUT2D eigenvalue weighted by Crippen LogP contribution is -2.36. The van der Waals surface area contributed by atoms with Crippen LogP contribution in [0.5, 0.6) is 0 Å². The predicted molar refractivity (Wildman–Crippen MR) is 103 cm³/mol. The van der Waals surface area contributed by atoms with Crippen LogP contribution in [0.1, 0.15) is 12.5 Å². The Labute approximate surface area is 154 Å². The number of carbonyl (C=O) groups excluding carboxylic acids is 1. The third-order valence-corrected chi connectivity index (χ3v) is 4.48. The molecule has 0 aromatic heterocycles. The SMILES string of the molecule is CC(CNc1ccc(N2CCOCC2)cc1)C(=O)OCc1ccccc1. The van der Waals surface area contributed by atoms with E-state index in [0.29, 0.717) is 13.2 Å². The van der Waals surface area contributed by atoms with Crippen molar-refractivity contribution in [2.45, 2.75) is 13.5 Å². The number of benzene rings is 2. The lowest BCUT2D eigenvalue weighted by molar-refractivity contribution is -0.148. The van der Waals surface area contributed by atoms with Crippen molar-refractivity contribution in [1.82, 2.24) is 0 Å². The maximum atomic E-state index is 12.1. The quantitative estimate of drug-likeness (QED) is 0.773. The normalized spacial score (nSPS) is 15.3. The molecule has 1 aliphatic heterocycles. The summed E-state index contributed by atoms with van der Waals surface area (Å²) in [5.74, 6) is -0.399. The van der Waals surface area contributed by atoms with E-state index in [9.17, 15) is 4.79 Å². The van der Waals surface area contributed by atoms with Gasteiger partial charge in [0.25, 0.3) is 0 Å². The van der Waals surface area contributed by atoms with Gasteiger partial charge in [0.15, 0.2) is 0 Å². The number of morpholine rings is 1. The molecule has 1 saturated heterocycles. The van der Waals surface area contributed by atoms with Gasteiger partial charge in [-0.25, -0.2) is 0 Å². The molecule has 1 fully saturated rings. The van der Waals surface area contributed by atoms with E-state index in [-0.39, 0.29) is 11.9 Å². The summed E-state index contributed by atoms with van der Waals surface area (Å²) in [6.07, 6.45) is 0. The standard InChI is InChI=1S/C21H26N2O3/c1-17(21(24)26-16-18-5-3-2-4-6-18)15-22-19-7-9-20(10-8-19)23-11-13-25-14-12-23/h2-10,17,22H,11-16H2,1H3. The molecular weight excluding hydrogens is 328 g/mol. The van der Waals surface area contributed by atoms with E-state index in [2.05, 4.69) is 22.3 Å². The molecule has 2 aromatic rings. The minimum absolute atomic E-state index is 0.189. The summed E-state index contributed by atoms with van der Waals surface area (Å²) < 4.78 is 10.8. The molecule has 1 unspecified atom stereocenters. The number of hydrogen-bond acceptors (Lipinski definition) is 5. The molecule has 5 nitrogen and oxygen atoms in total. The van der Waals surface area contributed by atoms with Crippen molar-refractivity contribution >= 4 is 17.3 Å². The molecule has 0 amide bonds. The van der Waals surface area contributed by atoms with Crippen molar-refractivity contribution in [3.8, 4) is 0 Å². The number of hydrogen-bond donors (Lipinski definition) is 1. The molecule has 2 aromatic carbocycles. The Bertz CT molecular complexity index is 682. The van der Waals surface area contributed by atoms with Crippen molar-refractivity contribution in [3.05, 3.63) is 60.2 Å². The van der Waals surface area contributed by atoms with Gasteiger partial charge in [-0.05, 0) is 29.8 Å². The zero-order valence-electron chi connectivity index (χ0n) is 15.2. The molecule has 1 aliphatic rings. The van der Waals surface area contributed by atoms with E-state index in [1.54, 1.807) is 0 Å². The Morgan fingerprint density at radius 1 is 1.12 bits per heavy atom. The Morgan fingerprint density at radius 2 is 1.81 bits per heavy atom. The third kappa shape index (κ3) is 5.23. The maximum absolute atomic E-state index is 12.1. The molecular formula is C21H26N2O3. The monoisotopic (exact) mass is 354 g/mol. The van der Waals surface area contributed by atoms with Crippen LogP contribution < -0.4 is 10.2 Å². The van der Waals surface area contributed by atoms with Gasteiger partial charge in [-0.1, -0.05) is 37.3 Å². The summed E-state index contributed by atoms with van der Waals surface area (Å²) in [6, 6.07) is 18.0. The van der Waals surface area contributed by atoms with Crippen LogP contribution in [0.3, 0.4) is 0 Å². The summed E-state index contributed by atoms with van der Waals surface area (Å²) in [7, 11) is 0. The van der Waals surface area contributed by atoms with Gasteiger partial charge in [0.05, 0.1) is 19.1 Å². The van der Waals surface area contributed by atoms with Gasteiger partial charge >= 0.3 is 5.97 Å². The highest BCUT2D eigenvalue weighted by molar-refractivity contribution is 5.72. The predicted octanol–water partition coefficient (Wildman–Crippen LogP) is 3.31. The smallest absolute Gasteiger partial charge is 0.310 e. The van der Waals surface area contributed by atoms with E-state index < -0.39 is 0 Å². The molecule has 26 heavy (non-hydrogen) atoms. The molecule has 0 radical (unpaired) electrons. The topological polar surface area (TPSA) is 50.8 Å². The van der Waals surface area contributed by atoms with E-state index >= 15 is 0 Å². The second-order valence-corrected chi connectivity index (χ2v) is 6.52. The van der Waals surface area contributed by atoms with Crippen molar-refractivity contribution < 1.29 is 14.3 Å². The van der Waals surface area contributed by atoms with E-state index in [1.165, 1.54) is 5.69 Å². The molecule has 1 N–H and O–H groups in total. The first kappa shape index (κ1) is 18.3. The number of ether oxygens (including phenoxy) is 2. The molecule has 0 saturated carbocycles. The Kier molecular flexibility index (Phi) is 6.50. The lowest BCUT2D eigenvalue weighted by Gasteiger charge is -2.29. The average Bonchev–Trinajstić information content (AvgIpc) is 2.72. The molecule has 0 spiro atoms. The van der Waals surface area contributed by atoms with E-state index in [0.717, 1.165) is 37.6 Å². The summed E-state index contributed by atoms with van der Waals surface area (Å²) in [5, 5.41) is 3.31. The summed E-state index contributed by atoms with van der Waals surface area (Å²) in [6.45, 7) is 6.16. The molecule has 0 bridgehead atoms. The highest BCUT2D eigenvalue weighted by Gasteiger charge is 2.15.